The van der Waals surface area contributed by atoms with Crippen LogP contribution in [0.5, 0.6) is 5.75 Å². The monoisotopic (exact) mass is 374 g/mol. The fourth-order valence-electron chi connectivity index (χ4n) is 3.73. The predicted octanol–water partition coefficient (Wildman–Crippen LogP) is 3.75. The lowest BCUT2D eigenvalue weighted by molar-refractivity contribution is -0.142. The Morgan fingerprint density at radius 2 is 1.96 bits per heavy atom. The largest absolute Gasteiger partial charge is 0.497 e. The molecule has 0 radical (unpaired) electrons. The lowest BCUT2D eigenvalue weighted by atomic mass is 9.86. The Balaban J connectivity index is 1.61. The summed E-state index contributed by atoms with van der Waals surface area (Å²) in [6, 6.07) is 5.07. The lowest BCUT2D eigenvalue weighted by Gasteiger charge is -2.27. The normalized spacial score (nSPS) is 20.9. The van der Waals surface area contributed by atoms with Crippen LogP contribution < -0.4 is 15.4 Å². The van der Waals surface area contributed by atoms with Gasteiger partial charge in [-0.25, -0.2) is 4.79 Å². The third kappa shape index (κ3) is 4.18. The highest BCUT2D eigenvalue weighted by atomic mass is 16.5. The average Bonchev–Trinajstić information content (AvgIpc) is 2.98. The molecule has 3 N–H and O–H groups in total. The maximum Gasteiger partial charge on any atom is 0.315 e. The average molecular weight is 374 g/mol. The number of hydrogen-bond acceptors (Lipinski definition) is 4. The van der Waals surface area contributed by atoms with Crippen molar-refractivity contribution in [3.8, 4) is 5.75 Å². The minimum Gasteiger partial charge on any atom is -0.497 e. The number of aryl methyl sites for hydroxylation is 1. The molecule has 1 heterocycles. The number of furan rings is 1. The van der Waals surface area contributed by atoms with Crippen LogP contribution in [0.2, 0.25) is 0 Å². The number of carbonyl (C=O) groups is 2. The van der Waals surface area contributed by atoms with Crippen molar-refractivity contribution in [1.29, 1.82) is 0 Å². The SMILES string of the molecule is COc1ccc2oc(C(C)NC(=O)NC3CCC(C(=O)O)CC3)c(C)c2c1. The highest BCUT2D eigenvalue weighted by molar-refractivity contribution is 5.84. The summed E-state index contributed by atoms with van der Waals surface area (Å²) in [5, 5.41) is 15.9. The van der Waals surface area contributed by atoms with Gasteiger partial charge in [-0.05, 0) is 57.7 Å². The molecule has 0 bridgehead atoms. The summed E-state index contributed by atoms with van der Waals surface area (Å²) in [5.74, 6) is 0.431. The van der Waals surface area contributed by atoms with Gasteiger partial charge in [0.1, 0.15) is 17.1 Å². The van der Waals surface area contributed by atoms with E-state index >= 15 is 0 Å². The number of amides is 2. The zero-order valence-corrected chi connectivity index (χ0v) is 15.9. The van der Waals surface area contributed by atoms with Crippen molar-refractivity contribution in [2.24, 2.45) is 5.92 Å². The number of urea groups is 1. The first kappa shape index (κ1) is 19.1. The van der Waals surface area contributed by atoms with Gasteiger partial charge in [-0.2, -0.15) is 0 Å². The second-order valence-corrected chi connectivity index (χ2v) is 7.18. The quantitative estimate of drug-likeness (QED) is 0.740. The number of aliphatic carboxylic acids is 1. The molecule has 2 amide bonds. The molecule has 7 heteroatoms. The highest BCUT2D eigenvalue weighted by Gasteiger charge is 2.27. The molecule has 1 aromatic carbocycles. The van der Waals surface area contributed by atoms with Crippen molar-refractivity contribution in [2.75, 3.05) is 7.11 Å². The molecular formula is C20H26N2O5. The molecule has 146 valence electrons. The Kier molecular flexibility index (Phi) is 5.58. The van der Waals surface area contributed by atoms with Gasteiger partial charge in [0.25, 0.3) is 0 Å². The van der Waals surface area contributed by atoms with Gasteiger partial charge >= 0.3 is 12.0 Å². The molecule has 1 unspecified atom stereocenters. The number of nitrogens with one attached hydrogen (secondary N) is 2. The fourth-order valence-corrected chi connectivity index (χ4v) is 3.73. The zero-order valence-electron chi connectivity index (χ0n) is 15.9. The number of methoxy groups -OCH3 is 1. The molecule has 1 fully saturated rings. The first-order chi connectivity index (χ1) is 12.9. The van der Waals surface area contributed by atoms with Gasteiger partial charge in [-0.1, -0.05) is 0 Å². The van der Waals surface area contributed by atoms with Gasteiger partial charge in [-0.3, -0.25) is 4.79 Å². The zero-order chi connectivity index (χ0) is 19.6. The number of carboxylic acid groups (broad SMARTS) is 1. The number of carboxylic acids is 1. The van der Waals surface area contributed by atoms with Crippen LogP contribution in [0.3, 0.4) is 0 Å². The van der Waals surface area contributed by atoms with E-state index in [0.717, 1.165) is 22.3 Å². The molecule has 1 aliphatic carbocycles. The molecule has 0 aliphatic heterocycles. The Morgan fingerprint density at radius 1 is 1.26 bits per heavy atom. The Hall–Kier alpha value is -2.70. The molecule has 0 spiro atoms. The number of rotatable bonds is 5. The van der Waals surface area contributed by atoms with E-state index in [9.17, 15) is 9.59 Å². The Morgan fingerprint density at radius 3 is 2.59 bits per heavy atom. The van der Waals surface area contributed by atoms with Crippen molar-refractivity contribution >= 4 is 23.0 Å². The summed E-state index contributed by atoms with van der Waals surface area (Å²) in [4.78, 5) is 23.4. The number of hydrogen-bond donors (Lipinski definition) is 3. The summed E-state index contributed by atoms with van der Waals surface area (Å²) in [5.41, 5.74) is 1.73. The number of fused-ring (bicyclic) bond motifs is 1. The highest BCUT2D eigenvalue weighted by Crippen LogP contribution is 2.32. The van der Waals surface area contributed by atoms with Gasteiger partial charge in [0.2, 0.25) is 0 Å². The molecule has 27 heavy (non-hydrogen) atoms. The predicted molar refractivity (Wildman–Crippen MR) is 101 cm³/mol. The molecule has 1 saturated carbocycles. The molecule has 3 rings (SSSR count). The first-order valence-electron chi connectivity index (χ1n) is 9.26. The Labute approximate surface area is 158 Å². The van der Waals surface area contributed by atoms with E-state index in [1.807, 2.05) is 32.0 Å². The van der Waals surface area contributed by atoms with Gasteiger partial charge in [0, 0.05) is 17.0 Å². The summed E-state index contributed by atoms with van der Waals surface area (Å²) in [6.45, 7) is 3.84. The number of benzene rings is 1. The summed E-state index contributed by atoms with van der Waals surface area (Å²) in [7, 11) is 1.62. The van der Waals surface area contributed by atoms with E-state index in [1.54, 1.807) is 7.11 Å². The van der Waals surface area contributed by atoms with Crippen molar-refractivity contribution in [3.05, 3.63) is 29.5 Å². The summed E-state index contributed by atoms with van der Waals surface area (Å²) < 4.78 is 11.2. The molecule has 7 nitrogen and oxygen atoms in total. The minimum absolute atomic E-state index is 0.00818. The smallest absolute Gasteiger partial charge is 0.315 e. The van der Waals surface area contributed by atoms with Gasteiger partial charge in [0.15, 0.2) is 0 Å². The maximum atomic E-state index is 12.3. The van der Waals surface area contributed by atoms with Gasteiger partial charge in [0.05, 0.1) is 19.1 Å². The van der Waals surface area contributed by atoms with Gasteiger partial charge in [-0.15, -0.1) is 0 Å². The van der Waals surface area contributed by atoms with E-state index in [2.05, 4.69) is 10.6 Å². The van der Waals surface area contributed by atoms with Gasteiger partial charge < -0.3 is 24.9 Å². The summed E-state index contributed by atoms with van der Waals surface area (Å²) in [6.07, 6.45) is 2.56. The standard InChI is InChI=1S/C20H26N2O5/c1-11-16-10-15(26-3)8-9-17(16)27-18(11)12(2)21-20(25)22-14-6-4-13(5-7-14)19(23)24/h8-10,12-14H,4-7H2,1-3H3,(H,23,24)(H2,21,22,25). The molecular weight excluding hydrogens is 348 g/mol. The second-order valence-electron chi connectivity index (χ2n) is 7.18. The molecule has 2 aromatic rings. The summed E-state index contributed by atoms with van der Waals surface area (Å²) >= 11 is 0. The van der Waals surface area contributed by atoms with Crippen molar-refractivity contribution in [1.82, 2.24) is 10.6 Å². The number of carbonyl (C=O) groups excluding carboxylic acids is 1. The maximum absolute atomic E-state index is 12.3. The third-order valence-electron chi connectivity index (χ3n) is 5.33. The van der Waals surface area contributed by atoms with Crippen LogP contribution in [0.15, 0.2) is 22.6 Å². The second kappa shape index (κ2) is 7.90. The molecule has 1 atom stereocenters. The van der Waals surface area contributed by atoms with Crippen molar-refractivity contribution in [2.45, 2.75) is 51.6 Å². The lowest BCUT2D eigenvalue weighted by Crippen LogP contribution is -2.44. The van der Waals surface area contributed by atoms with Crippen LogP contribution >= 0.6 is 0 Å². The minimum atomic E-state index is -0.747. The van der Waals surface area contributed by atoms with E-state index in [-0.39, 0.29) is 24.0 Å². The van der Waals surface area contributed by atoms with Crippen LogP contribution in [0.1, 0.15) is 50.0 Å². The fraction of sp³-hybridized carbons (Fsp3) is 0.500. The van der Waals surface area contributed by atoms with E-state index in [0.29, 0.717) is 31.4 Å². The first-order valence-corrected chi connectivity index (χ1v) is 9.26. The Bertz CT molecular complexity index is 836. The van der Waals surface area contributed by atoms with Crippen LogP contribution in [0.4, 0.5) is 4.79 Å². The van der Waals surface area contributed by atoms with Crippen LogP contribution in [0.25, 0.3) is 11.0 Å². The van der Waals surface area contributed by atoms with E-state index in [1.165, 1.54) is 0 Å². The van der Waals surface area contributed by atoms with Crippen molar-refractivity contribution < 1.29 is 23.8 Å². The van der Waals surface area contributed by atoms with Crippen LogP contribution in [-0.2, 0) is 4.79 Å². The number of ether oxygens (including phenoxy) is 1. The van der Waals surface area contributed by atoms with E-state index < -0.39 is 5.97 Å². The third-order valence-corrected chi connectivity index (χ3v) is 5.33. The molecule has 1 aliphatic rings. The van der Waals surface area contributed by atoms with Crippen LogP contribution in [-0.4, -0.2) is 30.3 Å². The molecule has 1 aromatic heterocycles. The van der Waals surface area contributed by atoms with Crippen LogP contribution in [0, 0.1) is 12.8 Å². The topological polar surface area (TPSA) is 101 Å². The van der Waals surface area contributed by atoms with E-state index in [4.69, 9.17) is 14.3 Å². The molecule has 0 saturated heterocycles. The van der Waals surface area contributed by atoms with Crippen molar-refractivity contribution in [3.63, 3.8) is 0 Å².